The predicted octanol–water partition coefficient (Wildman–Crippen LogP) is 3.04. The van der Waals surface area contributed by atoms with Crippen molar-refractivity contribution < 1.29 is 17.6 Å². The molecule has 25 heavy (non-hydrogen) atoms. The highest BCUT2D eigenvalue weighted by Gasteiger charge is 2.28. The lowest BCUT2D eigenvalue weighted by molar-refractivity contribution is 0.234. The molecular weight excluding hydrogens is 368 g/mol. The van der Waals surface area contributed by atoms with Crippen LogP contribution in [0.25, 0.3) is 0 Å². The predicted molar refractivity (Wildman–Crippen MR) is 93.2 cm³/mol. The van der Waals surface area contributed by atoms with Crippen LogP contribution in [0.1, 0.15) is 32.2 Å². The minimum absolute atomic E-state index is 0.0426. The zero-order valence-electron chi connectivity index (χ0n) is 14.0. The average molecular weight is 387 g/mol. The molecule has 0 saturated carbocycles. The molecule has 0 bridgehead atoms. The first-order chi connectivity index (χ1) is 11.7. The largest absolute Gasteiger partial charge is 0.410 e. The molecule has 0 radical (unpaired) electrons. The second-order valence-corrected chi connectivity index (χ2v) is 7.98. The Kier molecular flexibility index (Phi) is 6.02. The van der Waals surface area contributed by atoms with Gasteiger partial charge in [-0.2, -0.15) is 0 Å². The van der Waals surface area contributed by atoms with Crippen LogP contribution in [0.3, 0.4) is 0 Å². The van der Waals surface area contributed by atoms with Crippen LogP contribution in [0, 0.1) is 5.92 Å². The van der Waals surface area contributed by atoms with E-state index in [1.807, 2.05) is 13.8 Å². The third kappa shape index (κ3) is 5.17. The lowest BCUT2D eigenvalue weighted by atomic mass is 9.99. The minimum atomic E-state index is -3.61. The van der Waals surface area contributed by atoms with Crippen LogP contribution in [0.5, 0.6) is 0 Å². The first-order valence-electron chi connectivity index (χ1n) is 7.57. The molecule has 2 N–H and O–H groups in total. The second-order valence-electron chi connectivity index (χ2n) is 5.65. The summed E-state index contributed by atoms with van der Waals surface area (Å²) in [5.41, 5.74) is 0.562. The molecule has 1 aromatic carbocycles. The fourth-order valence-electron chi connectivity index (χ4n) is 2.02. The molecule has 10 heteroatoms. The lowest BCUT2D eigenvalue weighted by Gasteiger charge is -2.21. The molecular formula is C15H19ClN4O4S. The van der Waals surface area contributed by atoms with Crippen molar-refractivity contribution in [1.29, 1.82) is 0 Å². The number of carbonyl (C=O) groups excluding carboxylic acids is 1. The van der Waals surface area contributed by atoms with Crippen molar-refractivity contribution in [2.45, 2.75) is 31.5 Å². The number of halogens is 1. The summed E-state index contributed by atoms with van der Waals surface area (Å²) < 4.78 is 28.2. The number of anilines is 1. The van der Waals surface area contributed by atoms with Crippen molar-refractivity contribution in [3.8, 4) is 0 Å². The first-order valence-corrected chi connectivity index (χ1v) is 9.84. The van der Waals surface area contributed by atoms with E-state index in [2.05, 4.69) is 20.8 Å². The van der Waals surface area contributed by atoms with Crippen molar-refractivity contribution in [2.75, 3.05) is 11.6 Å². The summed E-state index contributed by atoms with van der Waals surface area (Å²) in [4.78, 5) is 12.2. The minimum Gasteiger partial charge on any atom is -0.410 e. The van der Waals surface area contributed by atoms with E-state index in [1.54, 1.807) is 24.3 Å². The molecule has 0 aliphatic rings. The van der Waals surface area contributed by atoms with Crippen molar-refractivity contribution >= 4 is 33.2 Å². The van der Waals surface area contributed by atoms with Gasteiger partial charge >= 0.3 is 11.3 Å². The Morgan fingerprint density at radius 3 is 2.44 bits per heavy atom. The number of amides is 2. The molecule has 0 aliphatic heterocycles. The summed E-state index contributed by atoms with van der Waals surface area (Å²) in [7, 11) is -3.61. The number of sulfone groups is 1. The number of carbonyl (C=O) groups is 1. The van der Waals surface area contributed by atoms with E-state index in [-0.39, 0.29) is 11.8 Å². The molecule has 2 aromatic rings. The normalized spacial score (nSPS) is 13.9. The highest BCUT2D eigenvalue weighted by Crippen LogP contribution is 2.24. The Balaban J connectivity index is 2.16. The Labute approximate surface area is 150 Å². The summed E-state index contributed by atoms with van der Waals surface area (Å²) in [6.07, 6.45) is 1.69. The topological polar surface area (TPSA) is 114 Å². The van der Waals surface area contributed by atoms with E-state index in [0.717, 1.165) is 6.26 Å². The summed E-state index contributed by atoms with van der Waals surface area (Å²) in [6.45, 7) is 3.82. The number of rotatable bonds is 6. The van der Waals surface area contributed by atoms with E-state index in [4.69, 9.17) is 16.0 Å². The van der Waals surface area contributed by atoms with Gasteiger partial charge < -0.3 is 15.1 Å². The summed E-state index contributed by atoms with van der Waals surface area (Å²) >= 11 is 5.81. The first kappa shape index (κ1) is 19.2. The Morgan fingerprint density at radius 1 is 1.28 bits per heavy atom. The van der Waals surface area contributed by atoms with E-state index in [9.17, 15) is 13.2 Å². The molecule has 0 unspecified atom stereocenters. The number of hydrogen-bond donors (Lipinski definition) is 2. The van der Waals surface area contributed by atoms with Gasteiger partial charge in [0.15, 0.2) is 0 Å². The van der Waals surface area contributed by atoms with Crippen molar-refractivity contribution in [1.82, 2.24) is 15.5 Å². The zero-order chi connectivity index (χ0) is 18.6. The number of nitrogens with zero attached hydrogens (tertiary/aromatic N) is 2. The highest BCUT2D eigenvalue weighted by molar-refractivity contribution is 7.90. The van der Waals surface area contributed by atoms with Gasteiger partial charge in [0.25, 0.3) is 0 Å². The fourth-order valence-corrected chi connectivity index (χ4v) is 2.57. The fraction of sp³-hybridized carbons (Fsp3) is 0.400. The van der Waals surface area contributed by atoms with Gasteiger partial charge in [-0.1, -0.05) is 37.0 Å². The van der Waals surface area contributed by atoms with Crippen LogP contribution < -0.4 is 10.6 Å². The molecule has 136 valence electrons. The van der Waals surface area contributed by atoms with E-state index >= 15 is 0 Å². The van der Waals surface area contributed by atoms with Gasteiger partial charge in [-0.15, -0.1) is 5.10 Å². The van der Waals surface area contributed by atoms with Crippen molar-refractivity contribution in [3.05, 3.63) is 35.2 Å². The van der Waals surface area contributed by atoms with E-state index in [0.29, 0.717) is 17.1 Å². The molecule has 2 rings (SSSR count). The Morgan fingerprint density at radius 2 is 1.92 bits per heavy atom. The van der Waals surface area contributed by atoms with Crippen LogP contribution in [-0.4, -0.2) is 30.9 Å². The van der Waals surface area contributed by atoms with Crippen LogP contribution in [-0.2, 0) is 9.84 Å². The summed E-state index contributed by atoms with van der Waals surface area (Å²) in [5.74, 6) is -0.00939. The molecule has 0 aliphatic carbocycles. The van der Waals surface area contributed by atoms with Crippen molar-refractivity contribution in [3.63, 3.8) is 0 Å². The maximum absolute atomic E-state index is 12.2. The van der Waals surface area contributed by atoms with Gasteiger partial charge in [0.05, 0.1) is 0 Å². The third-order valence-electron chi connectivity index (χ3n) is 3.61. The number of benzene rings is 1. The maximum Gasteiger partial charge on any atom is 0.335 e. The molecule has 0 spiro atoms. The molecule has 8 nitrogen and oxygen atoms in total. The van der Waals surface area contributed by atoms with Gasteiger partial charge in [-0.05, 0) is 30.2 Å². The van der Waals surface area contributed by atoms with Gasteiger partial charge in [-0.3, -0.25) is 0 Å². The van der Waals surface area contributed by atoms with Crippen molar-refractivity contribution in [2.24, 2.45) is 5.92 Å². The lowest BCUT2D eigenvalue weighted by Crippen LogP contribution is -2.36. The van der Waals surface area contributed by atoms with Gasteiger partial charge in [0.2, 0.25) is 15.7 Å². The summed E-state index contributed by atoms with van der Waals surface area (Å²) in [5, 5.41) is 12.8. The monoisotopic (exact) mass is 386 g/mol. The third-order valence-corrected chi connectivity index (χ3v) is 4.66. The zero-order valence-corrected chi connectivity index (χ0v) is 15.6. The number of hydrogen-bond acceptors (Lipinski definition) is 6. The van der Waals surface area contributed by atoms with Gasteiger partial charge in [-0.25, -0.2) is 13.2 Å². The van der Waals surface area contributed by atoms with Crippen LogP contribution in [0.2, 0.25) is 5.02 Å². The molecule has 2 amide bonds. The number of nitrogens with one attached hydrogen (secondary N) is 2. The summed E-state index contributed by atoms with van der Waals surface area (Å²) in [6, 6.07) is 5.52. The molecule has 0 saturated heterocycles. The SMILES string of the molecule is CC[C@@H](C)[C@H](NC(=O)Nc1ccc(Cl)cc1)c1nnc(S(C)(=O)=O)o1. The molecule has 1 aromatic heterocycles. The number of urea groups is 1. The van der Waals surface area contributed by atoms with E-state index < -0.39 is 27.1 Å². The van der Waals surface area contributed by atoms with Crippen LogP contribution in [0.4, 0.5) is 10.5 Å². The van der Waals surface area contributed by atoms with Crippen LogP contribution >= 0.6 is 11.6 Å². The quantitative estimate of drug-likeness (QED) is 0.788. The standard InChI is InChI=1S/C15H19ClN4O4S/c1-4-9(2)12(13-19-20-15(24-13)25(3,22)23)18-14(21)17-11-7-5-10(16)6-8-11/h5-9,12H,4H2,1-3H3,(H2,17,18,21)/t9-,12+/m1/s1. The van der Waals surface area contributed by atoms with E-state index in [1.165, 1.54) is 0 Å². The smallest absolute Gasteiger partial charge is 0.335 e. The average Bonchev–Trinajstić information content (AvgIpc) is 3.04. The Hall–Kier alpha value is -2.13. The van der Waals surface area contributed by atoms with Gasteiger partial charge in [0.1, 0.15) is 6.04 Å². The van der Waals surface area contributed by atoms with Crippen LogP contribution in [0.15, 0.2) is 33.9 Å². The number of aromatic nitrogens is 2. The molecule has 1 heterocycles. The molecule has 0 fully saturated rings. The Bertz CT molecular complexity index is 835. The highest BCUT2D eigenvalue weighted by atomic mass is 35.5. The van der Waals surface area contributed by atoms with Gasteiger partial charge in [0, 0.05) is 17.0 Å². The molecule has 2 atom stereocenters. The maximum atomic E-state index is 12.2. The second kappa shape index (κ2) is 7.83.